The molecule has 0 radical (unpaired) electrons. The van der Waals surface area contributed by atoms with Gasteiger partial charge in [0.25, 0.3) is 0 Å². The Hall–Kier alpha value is -1.55. The molecule has 18 heavy (non-hydrogen) atoms. The van der Waals surface area contributed by atoms with Gasteiger partial charge in [-0.25, -0.2) is 0 Å². The maximum atomic E-state index is 10.6. The third kappa shape index (κ3) is 4.75. The summed E-state index contributed by atoms with van der Waals surface area (Å²) in [5.74, 6) is -0.742. The Morgan fingerprint density at radius 1 is 1.39 bits per heavy atom. The number of likely N-dealkylation sites (N-methyl/N-ethyl adjacent to an activating group) is 1. The molecule has 0 spiro atoms. The standard InChI is InChI=1S/C14H22N2O2/c1-3-16(9-8-14(17)18)11(2)10-12-4-6-13(15)7-5-12/h4-7,11H,3,8-10,15H2,1-2H3,(H,17,18). The van der Waals surface area contributed by atoms with Crippen LogP contribution < -0.4 is 5.73 Å². The van der Waals surface area contributed by atoms with Crippen LogP contribution in [-0.2, 0) is 11.2 Å². The summed E-state index contributed by atoms with van der Waals surface area (Å²) in [7, 11) is 0. The Balaban J connectivity index is 2.53. The Kier molecular flexibility index (Phi) is 5.65. The highest BCUT2D eigenvalue weighted by molar-refractivity contribution is 5.66. The molecule has 0 aliphatic carbocycles. The number of hydrogen-bond acceptors (Lipinski definition) is 3. The van der Waals surface area contributed by atoms with Crippen molar-refractivity contribution in [3.8, 4) is 0 Å². The molecule has 0 aliphatic heterocycles. The number of hydrogen-bond donors (Lipinski definition) is 2. The molecule has 0 bridgehead atoms. The Morgan fingerprint density at radius 3 is 2.50 bits per heavy atom. The Bertz CT molecular complexity index is 376. The first kappa shape index (κ1) is 14.5. The van der Waals surface area contributed by atoms with Crippen molar-refractivity contribution < 1.29 is 9.90 Å². The topological polar surface area (TPSA) is 66.6 Å². The van der Waals surface area contributed by atoms with Crippen molar-refractivity contribution in [3.63, 3.8) is 0 Å². The first-order valence-corrected chi connectivity index (χ1v) is 6.33. The van der Waals surface area contributed by atoms with Gasteiger partial charge in [0.05, 0.1) is 6.42 Å². The molecule has 0 amide bonds. The minimum absolute atomic E-state index is 0.194. The molecule has 0 saturated carbocycles. The average molecular weight is 250 g/mol. The van der Waals surface area contributed by atoms with Gasteiger partial charge < -0.3 is 15.7 Å². The quantitative estimate of drug-likeness (QED) is 0.726. The molecular formula is C14H22N2O2. The van der Waals surface area contributed by atoms with E-state index < -0.39 is 5.97 Å². The van der Waals surface area contributed by atoms with Gasteiger partial charge in [-0.15, -0.1) is 0 Å². The number of nitrogens with two attached hydrogens (primary N) is 1. The molecule has 1 aromatic rings. The molecule has 0 aliphatic rings. The lowest BCUT2D eigenvalue weighted by molar-refractivity contribution is -0.137. The van der Waals surface area contributed by atoms with Crippen LogP contribution in [0.15, 0.2) is 24.3 Å². The van der Waals surface area contributed by atoms with Gasteiger partial charge in [-0.05, 0) is 37.6 Å². The molecule has 0 aromatic heterocycles. The van der Waals surface area contributed by atoms with E-state index in [1.807, 2.05) is 24.3 Å². The summed E-state index contributed by atoms with van der Waals surface area (Å²) >= 11 is 0. The number of rotatable bonds is 7. The van der Waals surface area contributed by atoms with E-state index in [9.17, 15) is 4.79 Å². The van der Waals surface area contributed by atoms with Gasteiger partial charge in [0.15, 0.2) is 0 Å². The molecule has 0 saturated heterocycles. The largest absolute Gasteiger partial charge is 0.481 e. The van der Waals surface area contributed by atoms with E-state index in [4.69, 9.17) is 10.8 Å². The molecule has 4 nitrogen and oxygen atoms in total. The molecule has 1 aromatic carbocycles. The smallest absolute Gasteiger partial charge is 0.304 e. The minimum atomic E-state index is -0.742. The summed E-state index contributed by atoms with van der Waals surface area (Å²) in [5, 5.41) is 8.72. The van der Waals surface area contributed by atoms with E-state index >= 15 is 0 Å². The SMILES string of the molecule is CCN(CCC(=O)O)C(C)Cc1ccc(N)cc1. The van der Waals surface area contributed by atoms with Crippen LogP contribution >= 0.6 is 0 Å². The minimum Gasteiger partial charge on any atom is -0.481 e. The van der Waals surface area contributed by atoms with E-state index in [1.165, 1.54) is 5.56 Å². The lowest BCUT2D eigenvalue weighted by Gasteiger charge is -2.27. The van der Waals surface area contributed by atoms with Crippen molar-refractivity contribution >= 4 is 11.7 Å². The average Bonchev–Trinajstić information content (AvgIpc) is 2.32. The van der Waals surface area contributed by atoms with Crippen molar-refractivity contribution in [1.82, 2.24) is 4.90 Å². The highest BCUT2D eigenvalue weighted by Gasteiger charge is 2.13. The van der Waals surface area contributed by atoms with Crippen LogP contribution in [0, 0.1) is 0 Å². The van der Waals surface area contributed by atoms with Crippen molar-refractivity contribution in [2.24, 2.45) is 0 Å². The van der Waals surface area contributed by atoms with Crippen LogP contribution in [0.1, 0.15) is 25.8 Å². The van der Waals surface area contributed by atoms with Crippen LogP contribution in [0.3, 0.4) is 0 Å². The molecule has 0 fully saturated rings. The van der Waals surface area contributed by atoms with Gasteiger partial charge in [-0.1, -0.05) is 19.1 Å². The van der Waals surface area contributed by atoms with Crippen molar-refractivity contribution in [1.29, 1.82) is 0 Å². The third-order valence-corrected chi connectivity index (χ3v) is 3.15. The highest BCUT2D eigenvalue weighted by Crippen LogP contribution is 2.11. The first-order chi connectivity index (χ1) is 8.52. The Morgan fingerprint density at radius 2 is 2.00 bits per heavy atom. The molecule has 3 N–H and O–H groups in total. The fraction of sp³-hybridized carbons (Fsp3) is 0.500. The third-order valence-electron chi connectivity index (χ3n) is 3.15. The van der Waals surface area contributed by atoms with Crippen molar-refractivity contribution in [2.45, 2.75) is 32.7 Å². The second-order valence-electron chi connectivity index (χ2n) is 4.57. The predicted octanol–water partition coefficient (Wildman–Crippen LogP) is 2.00. The summed E-state index contributed by atoms with van der Waals surface area (Å²) in [5.41, 5.74) is 7.64. The molecule has 1 unspecified atom stereocenters. The van der Waals surface area contributed by atoms with E-state index in [2.05, 4.69) is 18.7 Å². The van der Waals surface area contributed by atoms with E-state index in [1.54, 1.807) is 0 Å². The molecule has 1 rings (SSSR count). The van der Waals surface area contributed by atoms with Gasteiger partial charge in [0.2, 0.25) is 0 Å². The monoisotopic (exact) mass is 250 g/mol. The Labute approximate surface area is 108 Å². The fourth-order valence-electron chi connectivity index (χ4n) is 2.05. The maximum absolute atomic E-state index is 10.6. The van der Waals surface area contributed by atoms with Crippen molar-refractivity contribution in [2.75, 3.05) is 18.8 Å². The van der Waals surface area contributed by atoms with Crippen LogP contribution in [0.2, 0.25) is 0 Å². The number of nitrogens with zero attached hydrogens (tertiary/aromatic N) is 1. The zero-order valence-corrected chi connectivity index (χ0v) is 11.1. The lowest BCUT2D eigenvalue weighted by Crippen LogP contribution is -2.36. The summed E-state index contributed by atoms with van der Waals surface area (Å²) in [6.07, 6.45) is 1.10. The van der Waals surface area contributed by atoms with Crippen LogP contribution in [0.4, 0.5) is 5.69 Å². The number of aliphatic carboxylic acids is 1. The normalized spacial score (nSPS) is 12.6. The number of nitrogen functional groups attached to an aromatic ring is 1. The second-order valence-corrected chi connectivity index (χ2v) is 4.57. The zero-order valence-electron chi connectivity index (χ0n) is 11.1. The molecule has 4 heteroatoms. The summed E-state index contributed by atoms with van der Waals surface area (Å²) in [6.45, 7) is 5.65. The zero-order chi connectivity index (χ0) is 13.5. The van der Waals surface area contributed by atoms with E-state index in [0.717, 1.165) is 18.7 Å². The van der Waals surface area contributed by atoms with Gasteiger partial charge in [-0.3, -0.25) is 4.79 Å². The molecular weight excluding hydrogens is 228 g/mol. The highest BCUT2D eigenvalue weighted by atomic mass is 16.4. The maximum Gasteiger partial charge on any atom is 0.304 e. The number of carbonyl (C=O) groups is 1. The van der Waals surface area contributed by atoms with E-state index in [-0.39, 0.29) is 6.42 Å². The van der Waals surface area contributed by atoms with Gasteiger partial charge >= 0.3 is 5.97 Å². The number of carboxylic acid groups (broad SMARTS) is 1. The first-order valence-electron chi connectivity index (χ1n) is 6.33. The summed E-state index contributed by atoms with van der Waals surface area (Å²) in [6, 6.07) is 8.18. The van der Waals surface area contributed by atoms with Gasteiger partial charge in [-0.2, -0.15) is 0 Å². The molecule has 0 heterocycles. The fourth-order valence-corrected chi connectivity index (χ4v) is 2.05. The predicted molar refractivity (Wildman–Crippen MR) is 73.5 cm³/mol. The second kappa shape index (κ2) is 7.01. The number of carboxylic acids is 1. The van der Waals surface area contributed by atoms with Crippen LogP contribution in [-0.4, -0.2) is 35.1 Å². The van der Waals surface area contributed by atoms with Crippen LogP contribution in [0.5, 0.6) is 0 Å². The lowest BCUT2D eigenvalue weighted by atomic mass is 10.1. The van der Waals surface area contributed by atoms with E-state index in [0.29, 0.717) is 12.6 Å². The van der Waals surface area contributed by atoms with Gasteiger partial charge in [0, 0.05) is 18.3 Å². The number of anilines is 1. The number of benzene rings is 1. The molecule has 100 valence electrons. The van der Waals surface area contributed by atoms with Gasteiger partial charge in [0.1, 0.15) is 0 Å². The van der Waals surface area contributed by atoms with Crippen LogP contribution in [0.25, 0.3) is 0 Å². The van der Waals surface area contributed by atoms with Crippen molar-refractivity contribution in [3.05, 3.63) is 29.8 Å². The summed E-state index contributed by atoms with van der Waals surface area (Å²) in [4.78, 5) is 12.8. The molecule has 1 atom stereocenters. The summed E-state index contributed by atoms with van der Waals surface area (Å²) < 4.78 is 0.